The van der Waals surface area contributed by atoms with Gasteiger partial charge in [-0.05, 0) is 99.8 Å². The third-order valence-electron chi connectivity index (χ3n) is 4.89. The predicted molar refractivity (Wildman–Crippen MR) is 123 cm³/mol. The fourth-order valence-electron chi connectivity index (χ4n) is 3.60. The summed E-state index contributed by atoms with van der Waals surface area (Å²) in [6.07, 6.45) is 0.326. The molecule has 0 aliphatic carbocycles. The van der Waals surface area contributed by atoms with Gasteiger partial charge in [-0.2, -0.15) is 0 Å². The van der Waals surface area contributed by atoms with Gasteiger partial charge >= 0.3 is 0 Å². The second kappa shape index (κ2) is 8.28. The minimum atomic E-state index is 0.158. The van der Waals surface area contributed by atoms with Gasteiger partial charge in [0, 0.05) is 0 Å². The van der Waals surface area contributed by atoms with Crippen LogP contribution in [0.2, 0.25) is 0 Å². The van der Waals surface area contributed by atoms with Crippen molar-refractivity contribution in [3.05, 3.63) is 66.2 Å². The van der Waals surface area contributed by atoms with Crippen LogP contribution in [0, 0.1) is 6.92 Å². The van der Waals surface area contributed by atoms with E-state index in [2.05, 4.69) is 54.3 Å². The highest BCUT2D eigenvalue weighted by Gasteiger charge is 2.22. The molecule has 0 radical (unpaired) electrons. The zero-order valence-corrected chi connectivity index (χ0v) is 18.2. The van der Waals surface area contributed by atoms with E-state index in [-0.39, 0.29) is 12.2 Å². The molecule has 3 aromatic carbocycles. The van der Waals surface area contributed by atoms with Gasteiger partial charge < -0.3 is 14.9 Å². The molecule has 0 amide bonds. The van der Waals surface area contributed by atoms with Gasteiger partial charge in [0.15, 0.2) is 0 Å². The Bertz CT molecular complexity index is 1010. The first-order valence-electron chi connectivity index (χ1n) is 10.4. The molecule has 156 valence electrons. The maximum Gasteiger partial charge on any atom is 0.119 e. The van der Waals surface area contributed by atoms with Crippen molar-refractivity contribution in [1.29, 1.82) is 0 Å². The molecule has 0 saturated heterocycles. The summed E-state index contributed by atoms with van der Waals surface area (Å²) >= 11 is 0. The molecule has 1 aliphatic rings. The summed E-state index contributed by atoms with van der Waals surface area (Å²) in [4.78, 5) is 0. The Hall–Kier alpha value is -3.18. The molecule has 30 heavy (non-hydrogen) atoms. The second-order valence-corrected chi connectivity index (χ2v) is 8.11. The Morgan fingerprint density at radius 2 is 1.33 bits per heavy atom. The maximum atomic E-state index is 5.78. The average Bonchev–Trinajstić information content (AvgIpc) is 3.10. The zero-order valence-electron chi connectivity index (χ0n) is 18.2. The highest BCUT2D eigenvalue weighted by molar-refractivity contribution is 5.86. The zero-order chi connectivity index (χ0) is 21.3. The third-order valence-corrected chi connectivity index (χ3v) is 4.89. The first kappa shape index (κ1) is 20.1. The van der Waals surface area contributed by atoms with Crippen molar-refractivity contribution in [3.63, 3.8) is 0 Å². The molecule has 1 aliphatic heterocycles. The molecule has 5 nitrogen and oxygen atoms in total. The molecule has 2 N–H and O–H groups in total. The molecule has 0 bridgehead atoms. The van der Waals surface area contributed by atoms with Crippen LogP contribution < -0.4 is 25.4 Å². The van der Waals surface area contributed by atoms with Gasteiger partial charge in [-0.1, -0.05) is 12.1 Å². The van der Waals surface area contributed by atoms with E-state index >= 15 is 0 Å². The van der Waals surface area contributed by atoms with Gasteiger partial charge in [-0.3, -0.25) is 5.01 Å². The van der Waals surface area contributed by atoms with Crippen LogP contribution in [-0.4, -0.2) is 12.2 Å². The lowest BCUT2D eigenvalue weighted by Gasteiger charge is -2.20. The van der Waals surface area contributed by atoms with Crippen molar-refractivity contribution in [2.75, 3.05) is 10.4 Å². The predicted octanol–water partition coefficient (Wildman–Crippen LogP) is 6.22. The number of nitrogens with one attached hydrogen (secondary N) is 2. The highest BCUT2D eigenvalue weighted by Crippen LogP contribution is 2.40. The van der Waals surface area contributed by atoms with E-state index in [0.717, 1.165) is 28.6 Å². The van der Waals surface area contributed by atoms with Crippen molar-refractivity contribution >= 4 is 17.1 Å². The van der Waals surface area contributed by atoms with Gasteiger partial charge in [-0.25, -0.2) is 0 Å². The molecular weight excluding hydrogens is 374 g/mol. The fourth-order valence-corrected chi connectivity index (χ4v) is 3.60. The Balaban J connectivity index is 1.63. The molecular formula is C25H29N3O2. The lowest BCUT2D eigenvalue weighted by atomic mass is 9.98. The fraction of sp³-hybridized carbons (Fsp3) is 0.280. The van der Waals surface area contributed by atoms with Crippen molar-refractivity contribution in [1.82, 2.24) is 5.53 Å². The van der Waals surface area contributed by atoms with Gasteiger partial charge in [0.05, 0.1) is 29.3 Å². The highest BCUT2D eigenvalue weighted by atomic mass is 16.5. The van der Waals surface area contributed by atoms with Crippen LogP contribution in [0.4, 0.5) is 17.1 Å². The molecule has 3 aromatic rings. The topological polar surface area (TPSA) is 45.8 Å². The third kappa shape index (κ3) is 4.21. The largest absolute Gasteiger partial charge is 0.491 e. The SMILES string of the molecule is Cc1cc2c(cc1-c1ccc(OC(C)C)cc1)N(c1ccc(OC(C)C)cc1)NN2. The summed E-state index contributed by atoms with van der Waals surface area (Å²) in [6.45, 7) is 10.3. The molecule has 0 unspecified atom stereocenters. The van der Waals surface area contributed by atoms with E-state index in [1.54, 1.807) is 0 Å². The Morgan fingerprint density at radius 3 is 1.90 bits per heavy atom. The molecule has 0 aromatic heterocycles. The van der Waals surface area contributed by atoms with Gasteiger partial charge in [0.1, 0.15) is 11.5 Å². The van der Waals surface area contributed by atoms with Gasteiger partial charge in [-0.15, -0.1) is 5.53 Å². The minimum Gasteiger partial charge on any atom is -0.491 e. The van der Waals surface area contributed by atoms with Crippen molar-refractivity contribution in [3.8, 4) is 22.6 Å². The van der Waals surface area contributed by atoms with E-state index in [0.29, 0.717) is 0 Å². The maximum absolute atomic E-state index is 5.78. The molecule has 0 saturated carbocycles. The average molecular weight is 404 g/mol. The Kier molecular flexibility index (Phi) is 5.55. The summed E-state index contributed by atoms with van der Waals surface area (Å²) < 4.78 is 11.5. The van der Waals surface area contributed by atoms with E-state index in [9.17, 15) is 0 Å². The van der Waals surface area contributed by atoms with Crippen LogP contribution in [0.15, 0.2) is 60.7 Å². The summed E-state index contributed by atoms with van der Waals surface area (Å²) in [5, 5.41) is 2.05. The number of benzene rings is 3. The molecule has 1 heterocycles. The minimum absolute atomic E-state index is 0.158. The van der Waals surface area contributed by atoms with Gasteiger partial charge in [0.25, 0.3) is 0 Å². The van der Waals surface area contributed by atoms with Crippen molar-refractivity contribution in [2.45, 2.75) is 46.8 Å². The smallest absolute Gasteiger partial charge is 0.119 e. The first-order chi connectivity index (χ1) is 14.4. The van der Waals surface area contributed by atoms with Crippen LogP contribution >= 0.6 is 0 Å². The molecule has 4 rings (SSSR count). The summed E-state index contributed by atoms with van der Waals surface area (Å²) in [7, 11) is 0. The summed E-state index contributed by atoms with van der Waals surface area (Å²) in [6, 6.07) is 20.8. The normalized spacial score (nSPS) is 12.8. The van der Waals surface area contributed by atoms with Gasteiger partial charge in [0.2, 0.25) is 0 Å². The standard InChI is InChI=1S/C25H29N3O2/c1-16(2)29-21-10-6-19(7-11-21)23-15-25-24(14-18(23)5)26-27-28(25)20-8-12-22(13-9-20)30-17(3)4/h6-17,26-27H,1-5H3. The van der Waals surface area contributed by atoms with Crippen molar-refractivity contribution in [2.24, 2.45) is 0 Å². The number of hydrogen-bond donors (Lipinski definition) is 2. The van der Waals surface area contributed by atoms with E-state index in [1.165, 1.54) is 16.7 Å². The van der Waals surface area contributed by atoms with Crippen LogP contribution in [0.1, 0.15) is 33.3 Å². The molecule has 5 heteroatoms. The number of ether oxygens (including phenoxy) is 2. The molecule has 0 atom stereocenters. The molecule has 0 fully saturated rings. The Morgan fingerprint density at radius 1 is 0.767 bits per heavy atom. The van der Waals surface area contributed by atoms with Crippen LogP contribution in [0.5, 0.6) is 11.5 Å². The van der Waals surface area contributed by atoms with E-state index < -0.39 is 0 Å². The van der Waals surface area contributed by atoms with Crippen LogP contribution in [0.25, 0.3) is 11.1 Å². The number of aryl methyl sites for hydroxylation is 1. The Labute approximate surface area is 178 Å². The van der Waals surface area contributed by atoms with E-state index in [1.807, 2.05) is 57.0 Å². The number of rotatable bonds is 6. The lowest BCUT2D eigenvalue weighted by molar-refractivity contribution is 0.242. The second-order valence-electron chi connectivity index (χ2n) is 8.11. The number of hydrazine groups is 2. The van der Waals surface area contributed by atoms with Crippen LogP contribution in [0.3, 0.4) is 0 Å². The quantitative estimate of drug-likeness (QED) is 0.512. The monoisotopic (exact) mass is 403 g/mol. The summed E-state index contributed by atoms with van der Waals surface area (Å²) in [5.41, 5.74) is 13.3. The first-order valence-corrected chi connectivity index (χ1v) is 10.4. The number of fused-ring (bicyclic) bond motifs is 1. The van der Waals surface area contributed by atoms with E-state index in [4.69, 9.17) is 9.47 Å². The number of hydrogen-bond acceptors (Lipinski definition) is 5. The molecule has 0 spiro atoms. The van der Waals surface area contributed by atoms with Crippen LogP contribution in [-0.2, 0) is 0 Å². The van der Waals surface area contributed by atoms with Crippen molar-refractivity contribution < 1.29 is 9.47 Å². The number of nitrogens with zero attached hydrogens (tertiary/aromatic N) is 1. The number of anilines is 3. The lowest BCUT2D eigenvalue weighted by Crippen LogP contribution is -2.31. The summed E-state index contributed by atoms with van der Waals surface area (Å²) in [5.74, 6) is 1.76.